The van der Waals surface area contributed by atoms with Crippen LogP contribution in [0.15, 0.2) is 6.20 Å². The van der Waals surface area contributed by atoms with Crippen LogP contribution in [0.2, 0.25) is 13.3 Å². The van der Waals surface area contributed by atoms with Crippen LogP contribution in [-0.4, -0.2) is 30.0 Å². The molecular weight excluding hydrogens is 385 g/mol. The van der Waals surface area contributed by atoms with Crippen LogP contribution in [0.1, 0.15) is 66.2 Å². The molecule has 0 amide bonds. The van der Waals surface area contributed by atoms with Gasteiger partial charge in [-0.1, -0.05) is 0 Å². The average molecular weight is 418 g/mol. The Morgan fingerprint density at radius 2 is 1.48 bits per heavy atom. The van der Waals surface area contributed by atoms with Crippen LogP contribution in [0.3, 0.4) is 0 Å². The van der Waals surface area contributed by atoms with Gasteiger partial charge in [-0.2, -0.15) is 0 Å². The molecule has 0 atom stereocenters. The van der Waals surface area contributed by atoms with E-state index in [1.54, 1.807) is 2.89 Å². The van der Waals surface area contributed by atoms with Gasteiger partial charge < -0.3 is 0 Å². The second kappa shape index (κ2) is 10.9. The molecule has 21 heavy (non-hydrogen) atoms. The second-order valence-electron chi connectivity index (χ2n) is 6.01. The zero-order valence-corrected chi connectivity index (χ0v) is 18.1. The van der Waals surface area contributed by atoms with Crippen molar-refractivity contribution in [1.29, 1.82) is 0 Å². The van der Waals surface area contributed by atoms with Gasteiger partial charge in [0.1, 0.15) is 0 Å². The molecule has 0 aliphatic rings. The van der Waals surface area contributed by atoms with Crippen molar-refractivity contribution in [3.05, 3.63) is 6.20 Å². The fourth-order valence-electron chi connectivity index (χ4n) is 2.98. The van der Waals surface area contributed by atoms with Crippen molar-refractivity contribution in [2.75, 3.05) is 6.61 Å². The zero-order chi connectivity index (χ0) is 15.6. The van der Waals surface area contributed by atoms with E-state index in [0.717, 1.165) is 11.8 Å². The molecule has 0 spiro atoms. The molecule has 1 rings (SSSR count). The van der Waals surface area contributed by atoms with E-state index in [-0.39, 0.29) is 0 Å². The fourth-order valence-corrected chi connectivity index (χ4v) is 22.5. The second-order valence-corrected chi connectivity index (χ2v) is 21.2. The third-order valence-electron chi connectivity index (χ3n) is 4.30. The Kier molecular flexibility index (Phi) is 9.98. The fraction of sp³-hybridized carbons (Fsp3) is 0.824. The summed E-state index contributed by atoms with van der Waals surface area (Å²) in [5.74, 6) is 0. The van der Waals surface area contributed by atoms with Crippen LogP contribution in [-0.2, 0) is 0 Å². The number of thiazole rings is 1. The Bertz CT molecular complexity index is 359. The monoisotopic (exact) mass is 419 g/mol. The van der Waals surface area contributed by atoms with E-state index in [1.165, 1.54) is 51.8 Å². The third-order valence-corrected chi connectivity index (χ3v) is 23.4. The first-order chi connectivity index (χ1) is 10.2. The molecule has 0 aliphatic heterocycles. The number of hydrogen-bond acceptors (Lipinski definition) is 3. The van der Waals surface area contributed by atoms with Crippen molar-refractivity contribution >= 4 is 32.6 Å². The normalized spacial score (nSPS) is 11.8. The van der Waals surface area contributed by atoms with Crippen molar-refractivity contribution in [3.63, 3.8) is 0 Å². The molecule has 1 heterocycles. The van der Waals surface area contributed by atoms with Crippen LogP contribution >= 0.6 is 11.3 Å². The predicted octanol–water partition coefficient (Wildman–Crippen LogP) is 5.60. The number of hydrogen-bond donors (Lipinski definition) is 0. The molecule has 122 valence electrons. The summed E-state index contributed by atoms with van der Waals surface area (Å²) >= 11 is -0.366. The summed E-state index contributed by atoms with van der Waals surface area (Å²) in [6.45, 7) is 9.76. The van der Waals surface area contributed by atoms with E-state index in [2.05, 4.69) is 32.0 Å². The van der Waals surface area contributed by atoms with Crippen molar-refractivity contribution in [1.82, 2.24) is 4.98 Å². The minimum absolute atomic E-state index is 0.731. The number of ether oxygens (including phenoxy) is 1. The molecule has 0 N–H and O–H groups in total. The standard InChI is InChI=1S/C5H6NOS.3C4H9.Sn/c1-2-7-5-6-3-4-8-5;3*1-3-4-2;/h3H,2H2,1H3;3*1,3-4H2,2H3;. The third kappa shape index (κ3) is 6.09. The summed E-state index contributed by atoms with van der Waals surface area (Å²) in [5.41, 5.74) is 0. The van der Waals surface area contributed by atoms with E-state index in [9.17, 15) is 0 Å². The van der Waals surface area contributed by atoms with Gasteiger partial charge in [0, 0.05) is 0 Å². The number of unbranched alkanes of at least 4 members (excludes halogenated alkanes) is 3. The van der Waals surface area contributed by atoms with Crippen LogP contribution < -0.4 is 7.63 Å². The van der Waals surface area contributed by atoms with E-state index >= 15 is 0 Å². The van der Waals surface area contributed by atoms with Gasteiger partial charge in [0.2, 0.25) is 0 Å². The van der Waals surface area contributed by atoms with Gasteiger partial charge in [-0.3, -0.25) is 0 Å². The molecule has 0 saturated carbocycles. The van der Waals surface area contributed by atoms with E-state index in [1.807, 2.05) is 18.3 Å². The molecule has 4 heteroatoms. The van der Waals surface area contributed by atoms with Crippen molar-refractivity contribution in [2.45, 2.75) is 79.5 Å². The van der Waals surface area contributed by atoms with Crippen molar-refractivity contribution < 1.29 is 4.74 Å². The zero-order valence-electron chi connectivity index (χ0n) is 14.4. The summed E-state index contributed by atoms with van der Waals surface area (Å²) in [6, 6.07) is 0. The van der Waals surface area contributed by atoms with Crippen molar-refractivity contribution in [2.24, 2.45) is 0 Å². The van der Waals surface area contributed by atoms with E-state index in [4.69, 9.17) is 4.74 Å². The Labute approximate surface area is 139 Å². The van der Waals surface area contributed by atoms with Gasteiger partial charge in [0.25, 0.3) is 0 Å². The topological polar surface area (TPSA) is 22.1 Å². The Morgan fingerprint density at radius 1 is 0.952 bits per heavy atom. The van der Waals surface area contributed by atoms with Gasteiger partial charge in [0.15, 0.2) is 0 Å². The first kappa shape index (κ1) is 19.3. The molecule has 0 unspecified atom stereocenters. The Balaban J connectivity index is 2.97. The molecule has 1 aromatic rings. The molecule has 0 saturated heterocycles. The van der Waals surface area contributed by atoms with Crippen LogP contribution in [0.25, 0.3) is 0 Å². The van der Waals surface area contributed by atoms with Gasteiger partial charge >= 0.3 is 140 Å². The Hall–Kier alpha value is 0.229. The van der Waals surface area contributed by atoms with Gasteiger partial charge in [-0.15, -0.1) is 0 Å². The number of rotatable bonds is 12. The van der Waals surface area contributed by atoms with E-state index < -0.39 is 18.4 Å². The first-order valence-corrected chi connectivity index (χ1v) is 17.1. The van der Waals surface area contributed by atoms with Crippen molar-refractivity contribution in [3.8, 4) is 5.19 Å². The van der Waals surface area contributed by atoms with E-state index in [0.29, 0.717) is 0 Å². The van der Waals surface area contributed by atoms with Gasteiger partial charge in [0.05, 0.1) is 0 Å². The molecule has 1 aromatic heterocycles. The number of aromatic nitrogens is 1. The van der Waals surface area contributed by atoms with Crippen LogP contribution in [0, 0.1) is 0 Å². The van der Waals surface area contributed by atoms with Crippen LogP contribution in [0.4, 0.5) is 0 Å². The summed E-state index contributed by atoms with van der Waals surface area (Å²) in [7, 11) is 0. The van der Waals surface area contributed by atoms with Gasteiger partial charge in [-0.25, -0.2) is 0 Å². The molecule has 0 fully saturated rings. The first-order valence-electron chi connectivity index (χ1n) is 8.81. The summed E-state index contributed by atoms with van der Waals surface area (Å²) in [6.07, 6.45) is 10.4. The number of nitrogens with zero attached hydrogens (tertiary/aromatic N) is 1. The molecule has 0 bridgehead atoms. The summed E-state index contributed by atoms with van der Waals surface area (Å²) < 4.78 is 11.8. The maximum absolute atomic E-state index is 5.64. The summed E-state index contributed by atoms with van der Waals surface area (Å²) in [4.78, 5) is 4.54. The SMILES string of the molecule is CCC[CH2][Sn]([CH2]CCC)([CH2]CCC)[c]1cnc(OCC)s1. The molecule has 0 aliphatic carbocycles. The van der Waals surface area contributed by atoms with Gasteiger partial charge in [-0.05, 0) is 0 Å². The molecular formula is C17H33NOSSn. The molecule has 0 radical (unpaired) electrons. The Morgan fingerprint density at radius 3 is 1.90 bits per heavy atom. The molecule has 2 nitrogen and oxygen atoms in total. The average Bonchev–Trinajstić information content (AvgIpc) is 2.96. The van der Waals surface area contributed by atoms with Crippen LogP contribution in [0.5, 0.6) is 5.19 Å². The predicted molar refractivity (Wildman–Crippen MR) is 97.8 cm³/mol. The maximum atomic E-state index is 5.64. The molecule has 0 aromatic carbocycles. The quantitative estimate of drug-likeness (QED) is 0.413. The minimum atomic E-state index is -2.24. The summed E-state index contributed by atoms with van der Waals surface area (Å²) in [5, 5.41) is 0.901.